The van der Waals surface area contributed by atoms with E-state index < -0.39 is 84.6 Å². The lowest BCUT2D eigenvalue weighted by Gasteiger charge is -2.30. The van der Waals surface area contributed by atoms with Crippen LogP contribution < -0.4 is 16.4 Å². The Kier molecular flexibility index (Phi) is 18.5. The zero-order valence-electron chi connectivity index (χ0n) is 31.2. The monoisotopic (exact) mass is 901 g/mol. The van der Waals surface area contributed by atoms with Crippen molar-refractivity contribution >= 4 is 69.1 Å². The summed E-state index contributed by atoms with van der Waals surface area (Å²) in [5, 5.41) is 26.2. The van der Waals surface area contributed by atoms with E-state index in [-0.39, 0.29) is 41.6 Å². The van der Waals surface area contributed by atoms with Gasteiger partial charge < -0.3 is 50.9 Å². The summed E-state index contributed by atoms with van der Waals surface area (Å²) in [6, 6.07) is 0. The number of nitrogens with zero attached hydrogens (tertiary/aromatic N) is 4. The first kappa shape index (κ1) is 49.1. The predicted molar refractivity (Wildman–Crippen MR) is 205 cm³/mol. The number of nitrogen functional groups attached to an aromatic ring is 1. The molecule has 0 saturated carbocycles. The van der Waals surface area contributed by atoms with Crippen LogP contribution in [-0.2, 0) is 50.7 Å². The van der Waals surface area contributed by atoms with Crippen LogP contribution in [0.4, 0.5) is 5.82 Å². The van der Waals surface area contributed by atoms with E-state index in [0.29, 0.717) is 5.75 Å². The molecule has 2 amide bonds. The van der Waals surface area contributed by atoms with Crippen LogP contribution in [0.15, 0.2) is 49.1 Å². The number of aromatic nitrogens is 4. The van der Waals surface area contributed by atoms with Gasteiger partial charge in [-0.3, -0.25) is 32.5 Å². The van der Waals surface area contributed by atoms with Gasteiger partial charge in [-0.15, -0.1) is 0 Å². The summed E-state index contributed by atoms with van der Waals surface area (Å²) < 4.78 is 62.1. The Balaban J connectivity index is 1.46. The predicted octanol–water partition coefficient (Wildman–Crippen LogP) is 0.743. The number of nitrogens with two attached hydrogens (primary N) is 1. The number of rotatable bonds is 23. The molecule has 58 heavy (non-hydrogen) atoms. The average molecular weight is 902 g/mol. The Labute approximate surface area is 335 Å². The summed E-state index contributed by atoms with van der Waals surface area (Å²) in [7, 11) is -16.4. The Morgan fingerprint density at radius 3 is 2.41 bits per heavy atom. The molecule has 1 aliphatic heterocycles. The fourth-order valence-corrected chi connectivity index (χ4v) is 8.22. The number of thioether (sulfide) groups is 1. The number of allylic oxidation sites excluding steroid dienone is 5. The number of fused-ring (bicyclic) bond motifs is 1. The van der Waals surface area contributed by atoms with Crippen molar-refractivity contribution in [2.45, 2.75) is 64.3 Å². The Bertz CT molecular complexity index is 1980. The minimum absolute atomic E-state index is 0.0287. The Hall–Kier alpha value is -3.22. The zero-order valence-corrected chi connectivity index (χ0v) is 34.7. The van der Waals surface area contributed by atoms with Crippen molar-refractivity contribution in [2.24, 2.45) is 5.41 Å². The van der Waals surface area contributed by atoms with Crippen LogP contribution in [0, 0.1) is 5.41 Å². The first-order chi connectivity index (χ1) is 27.1. The molecule has 3 heterocycles. The van der Waals surface area contributed by atoms with Crippen molar-refractivity contribution in [2.75, 3.05) is 37.8 Å². The fourth-order valence-electron chi connectivity index (χ4n) is 4.81. The third-order valence-electron chi connectivity index (χ3n) is 7.68. The Morgan fingerprint density at radius 2 is 1.72 bits per heavy atom. The molecule has 0 aliphatic carbocycles. The molecule has 7 unspecified atom stereocenters. The van der Waals surface area contributed by atoms with Gasteiger partial charge in [0.25, 0.3) is 0 Å². The van der Waals surface area contributed by atoms with E-state index in [1.807, 2.05) is 19.1 Å². The standard InChI is InChI=1S/C30H46N7O17P3S/c1-4-5-6-7-8-9-10-21(39)58-14-13-32-20(38)11-12-33-28(42)25(41)30(2,3)16-51-57(48,49)54-56(46,47)50-15-19-24(53-55(43,44)45)23(40)29(52-19)37-18-36-22-26(31)34-17-35-27(22)37/h5-10,17-19,23-25,29,40-41H,4,11-16H2,1-3H3,(H,32,38)(H,33,42)(H,46,47)(H,48,49)(H2,31,34,35)(H2,43,44,45)/b6-5+,8-7+,10-9+. The third-order valence-corrected chi connectivity index (χ3v) is 11.6. The number of imidazole rings is 1. The summed E-state index contributed by atoms with van der Waals surface area (Å²) in [6.45, 7) is 2.44. The normalized spacial score (nSPS) is 21.7. The lowest BCUT2D eigenvalue weighted by Crippen LogP contribution is -2.46. The van der Waals surface area contributed by atoms with Gasteiger partial charge in [0.1, 0.15) is 36.3 Å². The quantitative estimate of drug-likeness (QED) is 0.0321. The van der Waals surface area contributed by atoms with Crippen LogP contribution in [0.5, 0.6) is 0 Å². The van der Waals surface area contributed by atoms with Gasteiger partial charge in [-0.25, -0.2) is 28.6 Å². The second-order valence-corrected chi connectivity index (χ2v) is 18.2. The van der Waals surface area contributed by atoms with E-state index in [1.165, 1.54) is 19.9 Å². The molecule has 324 valence electrons. The van der Waals surface area contributed by atoms with E-state index in [0.717, 1.165) is 35.4 Å². The molecule has 1 fully saturated rings. The molecule has 28 heteroatoms. The number of anilines is 1. The molecular formula is C30H46N7O17P3S. The summed E-state index contributed by atoms with van der Waals surface area (Å²) in [5.74, 6) is -1.18. The number of carbonyl (C=O) groups excluding carboxylic acids is 3. The SMILES string of the molecule is CC/C=C/C=C/C=C/C(=O)SCCNC(=O)CCNC(=O)C(O)C(C)(C)COP(=O)(O)OP(=O)(O)OCC1OC(n2cnc3c(N)ncnc32)C(O)C1OP(=O)(O)O. The van der Waals surface area contributed by atoms with Crippen LogP contribution in [0.3, 0.4) is 0 Å². The smallest absolute Gasteiger partial charge is 0.386 e. The van der Waals surface area contributed by atoms with Gasteiger partial charge in [-0.05, 0) is 12.5 Å². The molecule has 10 N–H and O–H groups in total. The molecule has 7 atom stereocenters. The number of phosphoric ester groups is 3. The molecule has 2 aromatic heterocycles. The maximum Gasteiger partial charge on any atom is 0.481 e. The van der Waals surface area contributed by atoms with Gasteiger partial charge in [-0.2, -0.15) is 4.31 Å². The van der Waals surface area contributed by atoms with Crippen molar-refractivity contribution in [3.8, 4) is 0 Å². The fraction of sp³-hybridized carbons (Fsp3) is 0.533. The van der Waals surface area contributed by atoms with Gasteiger partial charge in [-0.1, -0.05) is 62.9 Å². The number of phosphoric acid groups is 3. The van der Waals surface area contributed by atoms with Crippen molar-refractivity contribution in [3.63, 3.8) is 0 Å². The number of aliphatic hydroxyl groups excluding tert-OH is 2. The summed E-state index contributed by atoms with van der Waals surface area (Å²) >= 11 is 1.000. The lowest BCUT2D eigenvalue weighted by molar-refractivity contribution is -0.137. The van der Waals surface area contributed by atoms with Crippen LogP contribution in [0.25, 0.3) is 11.2 Å². The molecule has 2 aromatic rings. The molecule has 24 nitrogen and oxygen atoms in total. The van der Waals surface area contributed by atoms with Gasteiger partial charge in [0.05, 0.1) is 19.5 Å². The number of nitrogens with one attached hydrogen (secondary N) is 2. The molecular weight excluding hydrogens is 855 g/mol. The van der Waals surface area contributed by atoms with Crippen LogP contribution in [0.1, 0.15) is 39.8 Å². The number of hydrogen-bond acceptors (Lipinski definition) is 18. The molecule has 1 aliphatic rings. The van der Waals surface area contributed by atoms with Crippen molar-refractivity contribution < 1.29 is 80.5 Å². The first-order valence-corrected chi connectivity index (χ1v) is 22.6. The molecule has 0 spiro atoms. The minimum Gasteiger partial charge on any atom is -0.386 e. The van der Waals surface area contributed by atoms with Crippen LogP contribution in [0.2, 0.25) is 0 Å². The van der Waals surface area contributed by atoms with Crippen molar-refractivity contribution in [1.29, 1.82) is 0 Å². The second-order valence-electron chi connectivity index (χ2n) is 12.8. The molecule has 3 rings (SSSR count). The lowest BCUT2D eigenvalue weighted by atomic mass is 9.87. The van der Waals surface area contributed by atoms with Gasteiger partial charge in [0, 0.05) is 30.7 Å². The number of hydrogen-bond donors (Lipinski definition) is 9. The average Bonchev–Trinajstić information content (AvgIpc) is 3.69. The molecule has 0 radical (unpaired) electrons. The first-order valence-electron chi connectivity index (χ1n) is 17.1. The third kappa shape index (κ3) is 15.8. The van der Waals surface area contributed by atoms with E-state index in [1.54, 1.807) is 18.2 Å². The molecule has 0 bridgehead atoms. The van der Waals surface area contributed by atoms with Crippen molar-refractivity contribution in [3.05, 3.63) is 49.1 Å². The highest BCUT2D eigenvalue weighted by Crippen LogP contribution is 2.61. The van der Waals surface area contributed by atoms with E-state index in [4.69, 9.17) is 19.5 Å². The summed E-state index contributed by atoms with van der Waals surface area (Å²) in [6.07, 6.45) is 4.26. The number of aliphatic hydroxyl groups is 2. The largest absolute Gasteiger partial charge is 0.481 e. The van der Waals surface area contributed by atoms with Gasteiger partial charge in [0.15, 0.2) is 17.7 Å². The summed E-state index contributed by atoms with van der Waals surface area (Å²) in [4.78, 5) is 87.5. The van der Waals surface area contributed by atoms with E-state index >= 15 is 0 Å². The minimum atomic E-state index is -5.57. The topological polar surface area (TPSA) is 364 Å². The van der Waals surface area contributed by atoms with Crippen LogP contribution >= 0.6 is 35.2 Å². The van der Waals surface area contributed by atoms with E-state index in [9.17, 15) is 57.9 Å². The zero-order chi connectivity index (χ0) is 43.3. The number of carbonyl (C=O) groups is 3. The number of amides is 2. The number of ether oxygens (including phenoxy) is 1. The second kappa shape index (κ2) is 21.9. The highest BCUT2D eigenvalue weighted by molar-refractivity contribution is 8.14. The van der Waals surface area contributed by atoms with E-state index in [2.05, 4.69) is 34.4 Å². The Morgan fingerprint density at radius 1 is 1.03 bits per heavy atom. The van der Waals surface area contributed by atoms with Gasteiger partial charge >= 0.3 is 23.5 Å². The van der Waals surface area contributed by atoms with Crippen LogP contribution in [-0.4, -0.2) is 123 Å². The molecule has 1 saturated heterocycles. The maximum atomic E-state index is 12.7. The maximum absolute atomic E-state index is 12.7. The summed E-state index contributed by atoms with van der Waals surface area (Å²) in [5.41, 5.74) is 4.25. The van der Waals surface area contributed by atoms with Crippen molar-refractivity contribution in [1.82, 2.24) is 30.2 Å². The van der Waals surface area contributed by atoms with Gasteiger partial charge in [0.2, 0.25) is 16.9 Å². The molecule has 0 aromatic carbocycles. The highest BCUT2D eigenvalue weighted by atomic mass is 32.2. The highest BCUT2D eigenvalue weighted by Gasteiger charge is 2.50.